The second kappa shape index (κ2) is 6.62. The molecule has 130 valence electrons. The largest absolute Gasteiger partial charge is 0.300 e. The fourth-order valence-corrected chi connectivity index (χ4v) is 3.51. The first-order valence-corrected chi connectivity index (χ1v) is 8.86. The van der Waals surface area contributed by atoms with Gasteiger partial charge in [0.1, 0.15) is 11.2 Å². The molecule has 0 saturated heterocycles. The van der Waals surface area contributed by atoms with Crippen LogP contribution in [0.5, 0.6) is 0 Å². The monoisotopic (exact) mass is 352 g/mol. The van der Waals surface area contributed by atoms with Gasteiger partial charge in [-0.2, -0.15) is 9.13 Å². The average molecular weight is 352 g/mol. The van der Waals surface area contributed by atoms with Crippen LogP contribution in [-0.4, -0.2) is 4.98 Å². The van der Waals surface area contributed by atoms with Crippen LogP contribution >= 0.6 is 0 Å². The Balaban J connectivity index is 2.10. The highest BCUT2D eigenvalue weighted by Crippen LogP contribution is 2.25. The van der Waals surface area contributed by atoms with E-state index in [4.69, 9.17) is 6.57 Å². The first-order valence-electron chi connectivity index (χ1n) is 8.86. The number of aromatic nitrogens is 3. The van der Waals surface area contributed by atoms with Crippen molar-refractivity contribution in [2.75, 3.05) is 0 Å². The molecule has 0 aliphatic carbocycles. The summed E-state index contributed by atoms with van der Waals surface area (Å²) in [5, 5.41) is 1.07. The van der Waals surface area contributed by atoms with Crippen molar-refractivity contribution >= 4 is 16.6 Å². The van der Waals surface area contributed by atoms with E-state index in [1.54, 1.807) is 0 Å². The lowest BCUT2D eigenvalue weighted by Gasteiger charge is -2.11. The summed E-state index contributed by atoms with van der Waals surface area (Å²) in [5.74, 6) is 0.889. The maximum Gasteiger partial charge on any atom is 0.300 e. The van der Waals surface area contributed by atoms with Gasteiger partial charge >= 0.3 is 5.82 Å². The molecular weight excluding hydrogens is 332 g/mol. The number of fused-ring (bicyclic) bond motifs is 1. The number of hydrogen-bond acceptors (Lipinski definition) is 1. The lowest BCUT2D eigenvalue weighted by molar-refractivity contribution is -0.605. The van der Waals surface area contributed by atoms with E-state index in [0.717, 1.165) is 39.4 Å². The zero-order valence-corrected chi connectivity index (χ0v) is 15.6. The molecule has 4 nitrogen and oxygen atoms in total. The van der Waals surface area contributed by atoms with E-state index in [0.29, 0.717) is 5.69 Å². The van der Waals surface area contributed by atoms with Crippen molar-refractivity contribution < 1.29 is 9.13 Å². The normalized spacial score (nSPS) is 10.7. The van der Waals surface area contributed by atoms with Gasteiger partial charge in [0, 0.05) is 32.0 Å². The lowest BCUT2D eigenvalue weighted by atomic mass is 10.1. The Bertz CT molecular complexity index is 1220. The molecule has 0 unspecified atom stereocenters. The van der Waals surface area contributed by atoms with Gasteiger partial charge in [0.05, 0.1) is 17.5 Å². The molecule has 0 N–H and O–H groups in total. The summed E-state index contributed by atoms with van der Waals surface area (Å²) in [4.78, 5) is 8.31. The molecule has 4 heteroatoms. The van der Waals surface area contributed by atoms with Crippen molar-refractivity contribution in [3.05, 3.63) is 95.5 Å². The number of nitrogens with zero attached hydrogens (tertiary/aromatic N) is 4. The minimum atomic E-state index is 0.612. The molecule has 4 rings (SSSR count). The molecule has 2 aromatic heterocycles. The van der Waals surface area contributed by atoms with Crippen molar-refractivity contribution in [3.8, 4) is 11.4 Å². The van der Waals surface area contributed by atoms with E-state index >= 15 is 0 Å². The SMILES string of the molecule is [C-]#[N+]c1cc(-[n+]2ccccc2C)c(C)c(-[n+]2c(C)ncc3ccccc32)c1. The van der Waals surface area contributed by atoms with Gasteiger partial charge in [-0.15, -0.1) is 0 Å². The molecule has 4 aromatic rings. The second-order valence-electron chi connectivity index (χ2n) is 6.63. The summed E-state index contributed by atoms with van der Waals surface area (Å²) in [6, 6.07) is 18.2. The molecule has 0 bridgehead atoms. The summed E-state index contributed by atoms with van der Waals surface area (Å²) in [5.41, 5.74) is 5.91. The zero-order chi connectivity index (χ0) is 19.0. The van der Waals surface area contributed by atoms with Gasteiger partial charge in [-0.25, -0.2) is 4.85 Å². The molecule has 2 heterocycles. The minimum Gasteiger partial charge on any atom is -0.238 e. The van der Waals surface area contributed by atoms with Crippen molar-refractivity contribution in [2.45, 2.75) is 20.8 Å². The van der Waals surface area contributed by atoms with E-state index in [1.807, 2.05) is 55.7 Å². The number of para-hydroxylation sites is 1. The topological polar surface area (TPSA) is 25.0 Å². The highest BCUT2D eigenvalue weighted by molar-refractivity contribution is 5.75. The van der Waals surface area contributed by atoms with Gasteiger partial charge in [-0.1, -0.05) is 23.2 Å². The van der Waals surface area contributed by atoms with Gasteiger partial charge in [0.2, 0.25) is 5.69 Å². The first kappa shape index (κ1) is 16.9. The van der Waals surface area contributed by atoms with Gasteiger partial charge < -0.3 is 0 Å². The number of pyridine rings is 1. The summed E-state index contributed by atoms with van der Waals surface area (Å²) in [6.07, 6.45) is 3.93. The molecule has 0 fully saturated rings. The van der Waals surface area contributed by atoms with Crippen LogP contribution in [0.4, 0.5) is 5.69 Å². The molecule has 2 aromatic carbocycles. The molecule has 0 aliphatic heterocycles. The van der Waals surface area contributed by atoms with E-state index in [2.05, 4.69) is 51.0 Å². The Hall–Kier alpha value is -3.58. The third-order valence-corrected chi connectivity index (χ3v) is 4.92. The smallest absolute Gasteiger partial charge is 0.238 e. The van der Waals surface area contributed by atoms with Crippen molar-refractivity contribution in [1.82, 2.24) is 4.98 Å². The summed E-state index contributed by atoms with van der Waals surface area (Å²) in [7, 11) is 0. The summed E-state index contributed by atoms with van der Waals surface area (Å²) < 4.78 is 4.27. The quantitative estimate of drug-likeness (QED) is 0.391. The van der Waals surface area contributed by atoms with Crippen LogP contribution < -0.4 is 9.13 Å². The van der Waals surface area contributed by atoms with Gasteiger partial charge in [-0.3, -0.25) is 0 Å². The summed E-state index contributed by atoms with van der Waals surface area (Å²) in [6.45, 7) is 13.8. The number of aryl methyl sites for hydroxylation is 2. The van der Waals surface area contributed by atoms with Gasteiger partial charge in [0.15, 0.2) is 23.8 Å². The Kier molecular flexibility index (Phi) is 4.13. The predicted octanol–water partition coefficient (Wildman–Crippen LogP) is 4.26. The molecule has 27 heavy (non-hydrogen) atoms. The number of rotatable bonds is 2. The van der Waals surface area contributed by atoms with E-state index in [9.17, 15) is 0 Å². The zero-order valence-electron chi connectivity index (χ0n) is 15.6. The van der Waals surface area contributed by atoms with Crippen molar-refractivity contribution in [2.24, 2.45) is 0 Å². The average Bonchev–Trinajstić information content (AvgIpc) is 2.69. The molecule has 0 spiro atoms. The van der Waals surface area contributed by atoms with Crippen LogP contribution in [-0.2, 0) is 0 Å². The minimum absolute atomic E-state index is 0.612. The fraction of sp³-hybridized carbons (Fsp3) is 0.130. The van der Waals surface area contributed by atoms with Crippen LogP contribution in [0, 0.1) is 27.3 Å². The third-order valence-electron chi connectivity index (χ3n) is 4.92. The molecular formula is C23H20N4+2. The first-order chi connectivity index (χ1) is 13.1. The molecule has 0 amide bonds. The van der Waals surface area contributed by atoms with Gasteiger partial charge in [0.25, 0.3) is 0 Å². The van der Waals surface area contributed by atoms with E-state index in [1.165, 1.54) is 0 Å². The lowest BCUT2D eigenvalue weighted by Crippen LogP contribution is -2.40. The molecule has 0 aliphatic rings. The second-order valence-corrected chi connectivity index (χ2v) is 6.63. The number of benzene rings is 2. The highest BCUT2D eigenvalue weighted by Gasteiger charge is 2.23. The number of hydrogen-bond donors (Lipinski definition) is 0. The van der Waals surface area contributed by atoms with Crippen LogP contribution in [0.2, 0.25) is 0 Å². The van der Waals surface area contributed by atoms with E-state index < -0.39 is 0 Å². The summed E-state index contributed by atoms with van der Waals surface area (Å²) >= 11 is 0. The van der Waals surface area contributed by atoms with E-state index in [-0.39, 0.29) is 0 Å². The van der Waals surface area contributed by atoms with Crippen molar-refractivity contribution in [3.63, 3.8) is 0 Å². The Morgan fingerprint density at radius 1 is 0.926 bits per heavy atom. The standard InChI is InChI=1S/C23H20N4/c1-16-9-7-8-12-26(16)22-13-20(24-4)14-23(17(22)2)27-18(3)25-15-19-10-5-6-11-21(19)27/h5-15H,1-3H3/q+2. The third kappa shape index (κ3) is 2.84. The Labute approximate surface area is 158 Å². The maximum atomic E-state index is 7.59. The van der Waals surface area contributed by atoms with Crippen LogP contribution in [0.1, 0.15) is 17.1 Å². The highest BCUT2D eigenvalue weighted by atomic mass is 15.1. The Morgan fingerprint density at radius 3 is 2.44 bits per heavy atom. The van der Waals surface area contributed by atoms with Crippen molar-refractivity contribution in [1.29, 1.82) is 0 Å². The fourth-order valence-electron chi connectivity index (χ4n) is 3.51. The Morgan fingerprint density at radius 2 is 1.67 bits per heavy atom. The predicted molar refractivity (Wildman–Crippen MR) is 105 cm³/mol. The maximum absolute atomic E-state index is 7.59. The van der Waals surface area contributed by atoms with Crippen LogP contribution in [0.25, 0.3) is 27.1 Å². The van der Waals surface area contributed by atoms with Crippen LogP contribution in [0.15, 0.2) is 67.0 Å². The molecule has 0 saturated carbocycles. The molecule has 0 atom stereocenters. The van der Waals surface area contributed by atoms with Gasteiger partial charge in [-0.05, 0) is 25.1 Å². The van der Waals surface area contributed by atoms with Crippen LogP contribution in [0.3, 0.4) is 0 Å². The molecule has 0 radical (unpaired) electrons.